The minimum absolute atomic E-state index is 0.102. The molecule has 1 aromatic heterocycles. The molecule has 9 heteroatoms. The summed E-state index contributed by atoms with van der Waals surface area (Å²) in [6.45, 7) is 6.14. The Kier molecular flexibility index (Phi) is 7.14. The van der Waals surface area contributed by atoms with Gasteiger partial charge in [0.05, 0.1) is 11.4 Å². The van der Waals surface area contributed by atoms with Crippen molar-refractivity contribution < 1.29 is 4.79 Å². The number of halogens is 2. The number of aromatic nitrogens is 2. The van der Waals surface area contributed by atoms with Crippen LogP contribution in [0.15, 0.2) is 43.6 Å². The second-order valence-electron chi connectivity index (χ2n) is 6.19. The molecule has 3 aromatic rings. The number of thioether (sulfide) groups is 1. The third kappa shape index (κ3) is 5.34. The number of nitrogens with one attached hydrogen (secondary N) is 2. The Morgan fingerprint density at radius 3 is 2.57 bits per heavy atom. The molecular formula is C19H18Br2N4OS2. The van der Waals surface area contributed by atoms with E-state index in [0.717, 1.165) is 30.2 Å². The number of aryl methyl sites for hydroxylation is 2. The largest absolute Gasteiger partial charge is 0.330 e. The van der Waals surface area contributed by atoms with E-state index in [2.05, 4.69) is 72.6 Å². The maximum absolute atomic E-state index is 12.3. The van der Waals surface area contributed by atoms with Crippen molar-refractivity contribution in [1.29, 1.82) is 0 Å². The van der Waals surface area contributed by atoms with Gasteiger partial charge in [0.25, 0.3) is 0 Å². The van der Waals surface area contributed by atoms with Gasteiger partial charge in [0.2, 0.25) is 11.0 Å². The van der Waals surface area contributed by atoms with Gasteiger partial charge in [-0.2, -0.15) is 0 Å². The molecule has 0 saturated heterocycles. The summed E-state index contributed by atoms with van der Waals surface area (Å²) >= 11 is 9.77. The fourth-order valence-corrected chi connectivity index (χ4v) is 5.62. The van der Waals surface area contributed by atoms with Crippen molar-refractivity contribution in [3.63, 3.8) is 0 Å². The normalized spacial score (nSPS) is 10.8. The highest BCUT2D eigenvalue weighted by Crippen LogP contribution is 2.33. The molecule has 0 saturated carbocycles. The summed E-state index contributed by atoms with van der Waals surface area (Å²) in [7, 11) is 0. The molecule has 0 aliphatic heterocycles. The highest BCUT2D eigenvalue weighted by atomic mass is 79.9. The SMILES string of the molecule is Cc1cc(Br)c(NC(=O)CSc2nnc(Nc3cccc(C)c3C)s2)c(Br)c1. The van der Waals surface area contributed by atoms with Gasteiger partial charge in [-0.3, -0.25) is 4.79 Å². The molecule has 146 valence electrons. The predicted octanol–water partition coefficient (Wildman–Crippen LogP) is 6.46. The van der Waals surface area contributed by atoms with Crippen molar-refractivity contribution in [3.8, 4) is 0 Å². The molecule has 0 atom stereocenters. The highest BCUT2D eigenvalue weighted by Gasteiger charge is 2.13. The lowest BCUT2D eigenvalue weighted by Crippen LogP contribution is -2.14. The van der Waals surface area contributed by atoms with Crippen LogP contribution in [0.25, 0.3) is 0 Å². The fourth-order valence-electron chi connectivity index (χ4n) is 2.44. The van der Waals surface area contributed by atoms with Crippen LogP contribution in [0.5, 0.6) is 0 Å². The maximum Gasteiger partial charge on any atom is 0.234 e. The van der Waals surface area contributed by atoms with Crippen LogP contribution in [-0.4, -0.2) is 21.9 Å². The number of nitrogens with zero attached hydrogens (tertiary/aromatic N) is 2. The lowest BCUT2D eigenvalue weighted by Gasteiger charge is -2.10. The van der Waals surface area contributed by atoms with Crippen LogP contribution >= 0.6 is 55.0 Å². The molecular weight excluding hydrogens is 524 g/mol. The maximum atomic E-state index is 12.3. The van der Waals surface area contributed by atoms with Gasteiger partial charge in [0, 0.05) is 14.6 Å². The molecule has 0 aliphatic rings. The van der Waals surface area contributed by atoms with Crippen LogP contribution in [0.4, 0.5) is 16.5 Å². The third-order valence-electron chi connectivity index (χ3n) is 4.03. The van der Waals surface area contributed by atoms with Gasteiger partial charge in [-0.1, -0.05) is 35.2 Å². The molecule has 5 nitrogen and oxygen atoms in total. The first kappa shape index (κ1) is 21.3. The first-order chi connectivity index (χ1) is 13.3. The molecule has 0 unspecified atom stereocenters. The second kappa shape index (κ2) is 9.39. The lowest BCUT2D eigenvalue weighted by atomic mass is 10.1. The second-order valence-corrected chi connectivity index (χ2v) is 10.1. The monoisotopic (exact) mass is 540 g/mol. The minimum Gasteiger partial charge on any atom is -0.330 e. The summed E-state index contributed by atoms with van der Waals surface area (Å²) in [5.41, 5.74) is 5.24. The Hall–Kier alpha value is -1.42. The van der Waals surface area contributed by atoms with Crippen LogP contribution < -0.4 is 10.6 Å². The number of carbonyl (C=O) groups excluding carboxylic acids is 1. The van der Waals surface area contributed by atoms with Gasteiger partial charge in [-0.25, -0.2) is 0 Å². The average molecular weight is 542 g/mol. The zero-order chi connectivity index (χ0) is 20.3. The molecule has 0 aliphatic carbocycles. The van der Waals surface area contributed by atoms with Crippen molar-refractivity contribution in [2.75, 3.05) is 16.4 Å². The Balaban J connectivity index is 1.58. The number of benzene rings is 2. The van der Waals surface area contributed by atoms with Gasteiger partial charge in [-0.05, 0) is 87.5 Å². The molecule has 28 heavy (non-hydrogen) atoms. The molecule has 0 fully saturated rings. The van der Waals surface area contributed by atoms with Gasteiger partial charge >= 0.3 is 0 Å². The van der Waals surface area contributed by atoms with Crippen LogP contribution in [0.1, 0.15) is 16.7 Å². The topological polar surface area (TPSA) is 66.9 Å². The molecule has 1 amide bonds. The Morgan fingerprint density at radius 2 is 1.86 bits per heavy atom. The molecule has 0 bridgehead atoms. The predicted molar refractivity (Wildman–Crippen MR) is 125 cm³/mol. The smallest absolute Gasteiger partial charge is 0.234 e. The molecule has 1 heterocycles. The van der Waals surface area contributed by atoms with Gasteiger partial charge in [0.15, 0.2) is 4.34 Å². The van der Waals surface area contributed by atoms with E-state index in [1.807, 2.05) is 31.2 Å². The molecule has 2 N–H and O–H groups in total. The van der Waals surface area contributed by atoms with Crippen LogP contribution in [0.3, 0.4) is 0 Å². The van der Waals surface area contributed by atoms with Crippen molar-refractivity contribution in [3.05, 3.63) is 56.0 Å². The van der Waals surface area contributed by atoms with Crippen molar-refractivity contribution in [2.45, 2.75) is 25.1 Å². The van der Waals surface area contributed by atoms with Crippen LogP contribution in [0, 0.1) is 20.8 Å². The van der Waals surface area contributed by atoms with E-state index in [9.17, 15) is 4.79 Å². The van der Waals surface area contributed by atoms with E-state index in [1.54, 1.807) is 0 Å². The first-order valence-electron chi connectivity index (χ1n) is 8.38. The van der Waals surface area contributed by atoms with Crippen molar-refractivity contribution in [2.24, 2.45) is 0 Å². The van der Waals surface area contributed by atoms with Crippen LogP contribution in [-0.2, 0) is 4.79 Å². The highest BCUT2D eigenvalue weighted by molar-refractivity contribution is 9.11. The number of amides is 1. The van der Waals surface area contributed by atoms with E-state index in [4.69, 9.17) is 0 Å². The van der Waals surface area contributed by atoms with E-state index < -0.39 is 0 Å². The molecule has 3 rings (SSSR count). The Labute approximate surface area is 189 Å². The van der Waals surface area contributed by atoms with E-state index in [0.29, 0.717) is 5.13 Å². The summed E-state index contributed by atoms with van der Waals surface area (Å²) in [4.78, 5) is 12.3. The third-order valence-corrected chi connectivity index (χ3v) is 7.25. The Bertz CT molecular complexity index is 1000. The quantitative estimate of drug-likeness (QED) is 0.350. The lowest BCUT2D eigenvalue weighted by molar-refractivity contribution is -0.113. The van der Waals surface area contributed by atoms with Gasteiger partial charge in [-0.15, -0.1) is 10.2 Å². The first-order valence-corrected chi connectivity index (χ1v) is 11.8. The van der Waals surface area contributed by atoms with Gasteiger partial charge in [0.1, 0.15) is 0 Å². The van der Waals surface area contributed by atoms with E-state index >= 15 is 0 Å². The summed E-state index contributed by atoms with van der Waals surface area (Å²) in [6, 6.07) is 10.0. The van der Waals surface area contributed by atoms with Crippen molar-refractivity contribution >= 4 is 77.4 Å². The summed E-state index contributed by atoms with van der Waals surface area (Å²) in [5.74, 6) is 0.153. The minimum atomic E-state index is -0.102. The fraction of sp³-hybridized carbons (Fsp3) is 0.211. The van der Waals surface area contributed by atoms with Crippen molar-refractivity contribution in [1.82, 2.24) is 10.2 Å². The summed E-state index contributed by atoms with van der Waals surface area (Å²) < 4.78 is 2.42. The zero-order valence-corrected chi connectivity index (χ0v) is 20.3. The molecule has 0 radical (unpaired) electrons. The number of rotatable bonds is 6. The number of anilines is 3. The summed E-state index contributed by atoms with van der Waals surface area (Å²) in [6.07, 6.45) is 0. The number of hydrogen-bond acceptors (Lipinski definition) is 6. The van der Waals surface area contributed by atoms with Gasteiger partial charge < -0.3 is 10.6 Å². The standard InChI is InChI=1S/C19H18Br2N4OS2/c1-10-7-13(20)17(14(21)8-10)23-16(26)9-27-19-25-24-18(28-19)22-15-6-4-5-11(2)12(15)3/h4-8H,9H2,1-3H3,(H,22,24)(H,23,26). The van der Waals surface area contributed by atoms with Crippen LogP contribution in [0.2, 0.25) is 0 Å². The number of carbonyl (C=O) groups is 1. The molecule has 0 spiro atoms. The summed E-state index contributed by atoms with van der Waals surface area (Å²) in [5, 5.41) is 15.3. The number of hydrogen-bond donors (Lipinski definition) is 2. The van der Waals surface area contributed by atoms with E-state index in [1.165, 1.54) is 34.2 Å². The van der Waals surface area contributed by atoms with E-state index in [-0.39, 0.29) is 11.7 Å². The Morgan fingerprint density at radius 1 is 1.14 bits per heavy atom. The molecule has 2 aromatic carbocycles. The average Bonchev–Trinajstić information content (AvgIpc) is 3.08. The zero-order valence-electron chi connectivity index (χ0n) is 15.5.